The van der Waals surface area contributed by atoms with E-state index in [9.17, 15) is 4.79 Å². The van der Waals surface area contributed by atoms with Gasteiger partial charge in [0.25, 0.3) is 0 Å². The molecule has 1 fully saturated rings. The van der Waals surface area contributed by atoms with Gasteiger partial charge in [0.1, 0.15) is 5.56 Å². The summed E-state index contributed by atoms with van der Waals surface area (Å²) in [6.07, 6.45) is 6.94. The lowest BCUT2D eigenvalue weighted by Crippen LogP contribution is -2.33. The molecule has 1 saturated carbocycles. The zero-order valence-corrected chi connectivity index (χ0v) is 10.1. The van der Waals surface area contributed by atoms with E-state index in [4.69, 9.17) is 5.11 Å². The summed E-state index contributed by atoms with van der Waals surface area (Å²) in [4.78, 5) is 17.2. The lowest BCUT2D eigenvalue weighted by atomic mass is 9.85. The molecule has 4 heteroatoms. The number of carboxylic acid groups (broad SMARTS) is 1. The average molecular weight is 234 g/mol. The van der Waals surface area contributed by atoms with Crippen LogP contribution in [-0.2, 0) is 0 Å². The van der Waals surface area contributed by atoms with Crippen LogP contribution in [0, 0.1) is 5.92 Å². The highest BCUT2D eigenvalue weighted by molar-refractivity contribution is 5.94. The van der Waals surface area contributed by atoms with Gasteiger partial charge < -0.3 is 10.0 Å². The van der Waals surface area contributed by atoms with Gasteiger partial charge in [-0.1, -0.05) is 6.42 Å². The van der Waals surface area contributed by atoms with E-state index < -0.39 is 5.97 Å². The number of aromatic carboxylic acids is 1. The number of carboxylic acids is 1. The van der Waals surface area contributed by atoms with E-state index >= 15 is 0 Å². The van der Waals surface area contributed by atoms with Crippen molar-refractivity contribution < 1.29 is 9.90 Å². The van der Waals surface area contributed by atoms with Crippen LogP contribution in [0.5, 0.6) is 0 Å². The quantitative estimate of drug-likeness (QED) is 0.850. The van der Waals surface area contributed by atoms with Crippen molar-refractivity contribution in [3.8, 4) is 0 Å². The van der Waals surface area contributed by atoms with Crippen molar-refractivity contribution >= 4 is 11.7 Å². The fourth-order valence-corrected chi connectivity index (χ4v) is 2.21. The normalized spacial score (nSPS) is 15.4. The molecule has 0 bridgehead atoms. The zero-order valence-electron chi connectivity index (χ0n) is 10.1. The minimum Gasteiger partial charge on any atom is -0.478 e. The van der Waals surface area contributed by atoms with Crippen molar-refractivity contribution in [2.45, 2.75) is 26.2 Å². The van der Waals surface area contributed by atoms with Crippen molar-refractivity contribution in [3.05, 3.63) is 24.0 Å². The second-order valence-electron chi connectivity index (χ2n) is 4.53. The van der Waals surface area contributed by atoms with E-state index in [0.29, 0.717) is 5.56 Å². The highest BCUT2D eigenvalue weighted by Crippen LogP contribution is 2.29. The third kappa shape index (κ3) is 2.57. The van der Waals surface area contributed by atoms with Gasteiger partial charge in [-0.15, -0.1) is 0 Å². The minimum atomic E-state index is -0.903. The predicted octanol–water partition coefficient (Wildman–Crippen LogP) is 2.41. The summed E-state index contributed by atoms with van der Waals surface area (Å²) in [6, 6.07) is 1.80. The number of hydrogen-bond acceptors (Lipinski definition) is 3. The second kappa shape index (κ2) is 5.17. The van der Waals surface area contributed by atoms with Gasteiger partial charge in [-0.2, -0.15) is 0 Å². The summed E-state index contributed by atoms with van der Waals surface area (Å²) in [7, 11) is 0. The van der Waals surface area contributed by atoms with Gasteiger partial charge in [0.15, 0.2) is 0 Å². The lowest BCUT2D eigenvalue weighted by Gasteiger charge is -2.33. The summed E-state index contributed by atoms with van der Waals surface area (Å²) < 4.78 is 0. The van der Waals surface area contributed by atoms with Crippen LogP contribution < -0.4 is 4.90 Å². The van der Waals surface area contributed by atoms with Crippen LogP contribution in [0.1, 0.15) is 36.5 Å². The van der Waals surface area contributed by atoms with E-state index in [1.54, 1.807) is 12.3 Å². The average Bonchev–Trinajstić information content (AvgIpc) is 2.28. The molecule has 1 aromatic heterocycles. The number of carbonyl (C=O) groups is 1. The first-order valence-corrected chi connectivity index (χ1v) is 6.14. The predicted molar refractivity (Wildman–Crippen MR) is 66.4 cm³/mol. The number of aromatic nitrogens is 1. The number of hydrogen-bond donors (Lipinski definition) is 1. The maximum absolute atomic E-state index is 11.1. The Bertz CT molecular complexity index is 402. The molecule has 2 rings (SSSR count). The molecule has 1 aromatic rings. The van der Waals surface area contributed by atoms with Gasteiger partial charge in [-0.05, 0) is 31.7 Å². The minimum absolute atomic E-state index is 0.300. The topological polar surface area (TPSA) is 53.4 Å². The zero-order chi connectivity index (χ0) is 12.3. The van der Waals surface area contributed by atoms with Crippen LogP contribution in [0.25, 0.3) is 0 Å². The summed E-state index contributed by atoms with van der Waals surface area (Å²) in [5.41, 5.74) is 1.09. The largest absolute Gasteiger partial charge is 0.478 e. The molecule has 92 valence electrons. The van der Waals surface area contributed by atoms with Crippen molar-refractivity contribution in [1.29, 1.82) is 0 Å². The van der Waals surface area contributed by atoms with Crippen LogP contribution in [0.2, 0.25) is 0 Å². The molecule has 1 heterocycles. The lowest BCUT2D eigenvalue weighted by molar-refractivity contribution is 0.0697. The number of pyridine rings is 1. The Labute approximate surface area is 101 Å². The maximum atomic E-state index is 11.1. The van der Waals surface area contributed by atoms with Crippen LogP contribution in [-0.4, -0.2) is 29.1 Å². The summed E-state index contributed by atoms with van der Waals surface area (Å²) in [5.74, 6) is -0.176. The van der Waals surface area contributed by atoms with Crippen LogP contribution in [0.3, 0.4) is 0 Å². The highest BCUT2D eigenvalue weighted by atomic mass is 16.4. The molecule has 17 heavy (non-hydrogen) atoms. The van der Waals surface area contributed by atoms with Gasteiger partial charge in [0, 0.05) is 25.5 Å². The molecule has 1 N–H and O–H groups in total. The fraction of sp³-hybridized carbons (Fsp3) is 0.538. The third-order valence-electron chi connectivity index (χ3n) is 3.45. The number of nitrogens with zero attached hydrogens (tertiary/aromatic N) is 2. The molecule has 0 aromatic carbocycles. The second-order valence-corrected chi connectivity index (χ2v) is 4.53. The Balaban J connectivity index is 2.19. The van der Waals surface area contributed by atoms with E-state index in [2.05, 4.69) is 16.8 Å². The Morgan fingerprint density at radius 1 is 1.59 bits per heavy atom. The van der Waals surface area contributed by atoms with E-state index in [1.165, 1.54) is 25.5 Å². The Morgan fingerprint density at radius 3 is 2.88 bits per heavy atom. The fourth-order valence-electron chi connectivity index (χ4n) is 2.21. The van der Waals surface area contributed by atoms with Crippen LogP contribution in [0.4, 0.5) is 5.69 Å². The molecule has 1 aliphatic rings. The van der Waals surface area contributed by atoms with Gasteiger partial charge in [-0.25, -0.2) is 4.79 Å². The summed E-state index contributed by atoms with van der Waals surface area (Å²) >= 11 is 0. The molecule has 0 saturated heterocycles. The van der Waals surface area contributed by atoms with Crippen LogP contribution >= 0.6 is 0 Å². The molecule has 1 aliphatic carbocycles. The molecule has 0 radical (unpaired) electrons. The van der Waals surface area contributed by atoms with Gasteiger partial charge in [-0.3, -0.25) is 4.98 Å². The SMILES string of the molecule is CCN(CC1CCC1)c1ccncc1C(=O)O. The number of anilines is 1. The van der Waals surface area contributed by atoms with E-state index in [1.807, 2.05) is 0 Å². The molecular weight excluding hydrogens is 216 g/mol. The maximum Gasteiger partial charge on any atom is 0.339 e. The molecule has 0 aliphatic heterocycles. The summed E-state index contributed by atoms with van der Waals surface area (Å²) in [6.45, 7) is 3.85. The highest BCUT2D eigenvalue weighted by Gasteiger charge is 2.22. The monoisotopic (exact) mass is 234 g/mol. The number of rotatable bonds is 5. The first-order chi connectivity index (χ1) is 8.22. The van der Waals surface area contributed by atoms with Crippen molar-refractivity contribution in [1.82, 2.24) is 4.98 Å². The van der Waals surface area contributed by atoms with Crippen LogP contribution in [0.15, 0.2) is 18.5 Å². The smallest absolute Gasteiger partial charge is 0.339 e. The van der Waals surface area contributed by atoms with Crippen molar-refractivity contribution in [2.75, 3.05) is 18.0 Å². The first-order valence-electron chi connectivity index (χ1n) is 6.14. The molecule has 4 nitrogen and oxygen atoms in total. The van der Waals surface area contributed by atoms with Gasteiger partial charge >= 0.3 is 5.97 Å². The molecule has 0 unspecified atom stereocenters. The summed E-state index contributed by atoms with van der Waals surface area (Å²) in [5, 5.41) is 9.15. The molecule has 0 atom stereocenters. The van der Waals surface area contributed by atoms with Crippen molar-refractivity contribution in [2.24, 2.45) is 5.92 Å². The molecular formula is C13H18N2O2. The Kier molecular flexibility index (Phi) is 3.61. The van der Waals surface area contributed by atoms with E-state index in [-0.39, 0.29) is 0 Å². The third-order valence-corrected chi connectivity index (χ3v) is 3.45. The standard InChI is InChI=1S/C13H18N2O2/c1-2-15(9-10-4-3-5-10)12-6-7-14-8-11(12)13(16)17/h6-8,10H,2-5,9H2,1H3,(H,16,17). The van der Waals surface area contributed by atoms with E-state index in [0.717, 1.165) is 24.7 Å². The molecule has 0 spiro atoms. The first kappa shape index (κ1) is 11.9. The molecule has 0 amide bonds. The van der Waals surface area contributed by atoms with Gasteiger partial charge in [0.05, 0.1) is 5.69 Å². The Hall–Kier alpha value is -1.58. The van der Waals surface area contributed by atoms with Crippen molar-refractivity contribution in [3.63, 3.8) is 0 Å². The Morgan fingerprint density at radius 2 is 2.35 bits per heavy atom. The van der Waals surface area contributed by atoms with Gasteiger partial charge in [0.2, 0.25) is 0 Å².